The Balaban J connectivity index is 1.80. The molecule has 27 heavy (non-hydrogen) atoms. The highest BCUT2D eigenvalue weighted by molar-refractivity contribution is 6.62. The van der Waals surface area contributed by atoms with Gasteiger partial charge in [0.1, 0.15) is 11.6 Å². The van der Waals surface area contributed by atoms with Crippen LogP contribution in [0.3, 0.4) is 0 Å². The van der Waals surface area contributed by atoms with Crippen LogP contribution in [-0.4, -0.2) is 28.3 Å². The van der Waals surface area contributed by atoms with Gasteiger partial charge in [-0.05, 0) is 39.8 Å². The van der Waals surface area contributed by atoms with Gasteiger partial charge in [-0.1, -0.05) is 6.07 Å². The summed E-state index contributed by atoms with van der Waals surface area (Å²) in [5.74, 6) is -0.731. The van der Waals surface area contributed by atoms with Crippen molar-refractivity contribution in [3.05, 3.63) is 42.0 Å². The number of rotatable bonds is 3. The second-order valence-electron chi connectivity index (χ2n) is 7.10. The molecule has 0 unspecified atom stereocenters. The highest BCUT2D eigenvalue weighted by atomic mass is 19.4. The fraction of sp³-hybridized carbons (Fsp3) is 0.412. The number of halogens is 4. The third-order valence-corrected chi connectivity index (χ3v) is 4.61. The average Bonchev–Trinajstić information content (AvgIpc) is 2.74. The fourth-order valence-electron chi connectivity index (χ4n) is 2.39. The Labute approximate surface area is 153 Å². The van der Waals surface area contributed by atoms with Crippen LogP contribution in [0, 0.1) is 5.82 Å². The van der Waals surface area contributed by atoms with Crippen molar-refractivity contribution in [2.45, 2.75) is 45.1 Å². The number of nitrogens with zero attached hydrogens (tertiary/aromatic N) is 2. The highest BCUT2D eigenvalue weighted by Crippen LogP contribution is 2.37. The molecule has 0 amide bonds. The molecule has 1 aromatic heterocycles. The monoisotopic (exact) mass is 384 g/mol. The van der Waals surface area contributed by atoms with Crippen LogP contribution in [-0.2, 0) is 15.5 Å². The van der Waals surface area contributed by atoms with Gasteiger partial charge in [0.2, 0.25) is 0 Å². The summed E-state index contributed by atoms with van der Waals surface area (Å²) in [5.41, 5.74) is -2.26. The fourth-order valence-corrected chi connectivity index (χ4v) is 2.39. The summed E-state index contributed by atoms with van der Waals surface area (Å²) in [4.78, 5) is 6.89. The zero-order valence-electron chi connectivity index (χ0n) is 15.1. The predicted octanol–water partition coefficient (Wildman–Crippen LogP) is 3.73. The van der Waals surface area contributed by atoms with Gasteiger partial charge < -0.3 is 14.0 Å². The van der Waals surface area contributed by atoms with Crippen LogP contribution in [0.4, 0.5) is 17.6 Å². The Bertz CT molecular complexity index is 842. The standard InChI is InChI=1S/C17H17BF4N2O3/c1-15(2)16(3,4)27-18(26-15)11-6-5-10(9-12(11)19)25-14-23-8-7-13(24-14)17(20,21)22/h5-9H,1-4H3. The quantitative estimate of drug-likeness (QED) is 0.597. The van der Waals surface area contributed by atoms with Crippen molar-refractivity contribution in [1.29, 1.82) is 0 Å². The van der Waals surface area contributed by atoms with E-state index >= 15 is 0 Å². The lowest BCUT2D eigenvalue weighted by molar-refractivity contribution is -0.141. The summed E-state index contributed by atoms with van der Waals surface area (Å²) < 4.78 is 69.3. The molecule has 0 radical (unpaired) electrons. The van der Waals surface area contributed by atoms with Crippen molar-refractivity contribution in [2.75, 3.05) is 0 Å². The van der Waals surface area contributed by atoms with Crippen LogP contribution in [0.5, 0.6) is 11.8 Å². The molecule has 144 valence electrons. The Morgan fingerprint density at radius 2 is 1.67 bits per heavy atom. The molecule has 2 aromatic rings. The molecular formula is C17H17BF4N2O3. The molecule has 5 nitrogen and oxygen atoms in total. The first-order valence-corrected chi connectivity index (χ1v) is 8.12. The van der Waals surface area contributed by atoms with Crippen LogP contribution in [0.1, 0.15) is 33.4 Å². The first kappa shape index (κ1) is 19.6. The zero-order valence-corrected chi connectivity index (χ0v) is 15.1. The SMILES string of the molecule is CC1(C)OB(c2ccc(Oc3nccc(C(F)(F)F)n3)cc2F)OC1(C)C. The van der Waals surface area contributed by atoms with E-state index in [-0.39, 0.29) is 11.2 Å². The number of hydrogen-bond acceptors (Lipinski definition) is 5. The molecule has 0 aliphatic carbocycles. The summed E-state index contributed by atoms with van der Waals surface area (Å²) in [6.45, 7) is 7.36. The third-order valence-electron chi connectivity index (χ3n) is 4.61. The molecule has 1 aromatic carbocycles. The predicted molar refractivity (Wildman–Crippen MR) is 89.2 cm³/mol. The number of benzene rings is 1. The lowest BCUT2D eigenvalue weighted by Crippen LogP contribution is -2.41. The summed E-state index contributed by atoms with van der Waals surface area (Å²) in [7, 11) is -0.908. The molecule has 0 bridgehead atoms. The summed E-state index contributed by atoms with van der Waals surface area (Å²) in [6, 6.07) is 3.97. The Hall–Kier alpha value is -2.20. The van der Waals surface area contributed by atoms with E-state index in [0.29, 0.717) is 0 Å². The van der Waals surface area contributed by atoms with Crippen LogP contribution in [0.25, 0.3) is 0 Å². The topological polar surface area (TPSA) is 53.5 Å². The summed E-state index contributed by atoms with van der Waals surface area (Å²) >= 11 is 0. The molecule has 1 aliphatic heterocycles. The van der Waals surface area contributed by atoms with Gasteiger partial charge in [0.15, 0.2) is 5.69 Å². The maximum Gasteiger partial charge on any atom is 0.497 e. The van der Waals surface area contributed by atoms with Gasteiger partial charge in [-0.2, -0.15) is 18.2 Å². The van der Waals surface area contributed by atoms with Crippen molar-refractivity contribution in [3.8, 4) is 11.8 Å². The van der Waals surface area contributed by atoms with Crippen LogP contribution >= 0.6 is 0 Å². The molecule has 0 N–H and O–H groups in total. The maximum absolute atomic E-state index is 14.5. The van der Waals surface area contributed by atoms with E-state index in [9.17, 15) is 17.6 Å². The molecule has 0 spiro atoms. The minimum Gasteiger partial charge on any atom is -0.424 e. The number of ether oxygens (including phenoxy) is 1. The second kappa shape index (κ2) is 6.45. The van der Waals surface area contributed by atoms with E-state index in [1.54, 1.807) is 0 Å². The zero-order chi connectivity index (χ0) is 20.0. The first-order valence-electron chi connectivity index (χ1n) is 8.12. The summed E-state index contributed by atoms with van der Waals surface area (Å²) in [6.07, 6.45) is -3.72. The van der Waals surface area contributed by atoms with Gasteiger partial charge in [-0.25, -0.2) is 9.37 Å². The maximum atomic E-state index is 14.5. The lowest BCUT2D eigenvalue weighted by atomic mass is 9.78. The smallest absolute Gasteiger partial charge is 0.424 e. The van der Waals surface area contributed by atoms with E-state index in [4.69, 9.17) is 14.0 Å². The van der Waals surface area contributed by atoms with Crippen molar-refractivity contribution in [1.82, 2.24) is 9.97 Å². The van der Waals surface area contributed by atoms with E-state index in [1.165, 1.54) is 12.1 Å². The molecule has 10 heteroatoms. The number of aromatic nitrogens is 2. The molecule has 1 saturated heterocycles. The van der Waals surface area contributed by atoms with Crippen molar-refractivity contribution in [3.63, 3.8) is 0 Å². The third kappa shape index (κ3) is 3.91. The minimum absolute atomic E-state index is 0.0490. The normalized spacial score (nSPS) is 18.6. The molecule has 1 aliphatic rings. The minimum atomic E-state index is -4.63. The van der Waals surface area contributed by atoms with E-state index in [1.807, 2.05) is 27.7 Å². The molecule has 2 heterocycles. The summed E-state index contributed by atoms with van der Waals surface area (Å²) in [5, 5.41) is 0. The van der Waals surface area contributed by atoms with E-state index in [2.05, 4.69) is 9.97 Å². The van der Waals surface area contributed by atoms with Gasteiger partial charge in [-0.15, -0.1) is 0 Å². The highest BCUT2D eigenvalue weighted by Gasteiger charge is 2.52. The van der Waals surface area contributed by atoms with Crippen LogP contribution in [0.15, 0.2) is 30.5 Å². The Morgan fingerprint density at radius 1 is 1.04 bits per heavy atom. The molecule has 0 atom stereocenters. The first-order chi connectivity index (χ1) is 12.4. The number of alkyl halides is 3. The molecule has 0 saturated carbocycles. The Kier molecular flexibility index (Phi) is 4.67. The van der Waals surface area contributed by atoms with Gasteiger partial charge >= 0.3 is 19.3 Å². The lowest BCUT2D eigenvalue weighted by Gasteiger charge is -2.32. The van der Waals surface area contributed by atoms with Crippen molar-refractivity contribution in [2.24, 2.45) is 0 Å². The molecule has 3 rings (SSSR count). The van der Waals surface area contributed by atoms with Crippen molar-refractivity contribution >= 4 is 12.6 Å². The van der Waals surface area contributed by atoms with Gasteiger partial charge in [-0.3, -0.25) is 0 Å². The molecule has 1 fully saturated rings. The van der Waals surface area contributed by atoms with Gasteiger partial charge in [0.25, 0.3) is 0 Å². The second-order valence-corrected chi connectivity index (χ2v) is 7.10. The van der Waals surface area contributed by atoms with Crippen LogP contribution < -0.4 is 10.2 Å². The van der Waals surface area contributed by atoms with Crippen molar-refractivity contribution < 1.29 is 31.6 Å². The number of hydrogen-bond donors (Lipinski definition) is 0. The van der Waals surface area contributed by atoms with E-state index in [0.717, 1.165) is 18.3 Å². The average molecular weight is 384 g/mol. The van der Waals surface area contributed by atoms with Gasteiger partial charge in [0, 0.05) is 17.7 Å². The van der Waals surface area contributed by atoms with Crippen LogP contribution in [0.2, 0.25) is 0 Å². The molecular weight excluding hydrogens is 367 g/mol. The van der Waals surface area contributed by atoms with Gasteiger partial charge in [0.05, 0.1) is 11.2 Å². The Morgan fingerprint density at radius 3 is 2.22 bits per heavy atom. The van der Waals surface area contributed by atoms with E-state index < -0.39 is 42.0 Å². The largest absolute Gasteiger partial charge is 0.497 e.